The van der Waals surface area contributed by atoms with Crippen molar-refractivity contribution in [3.05, 3.63) is 52.4 Å². The van der Waals surface area contributed by atoms with Crippen molar-refractivity contribution < 1.29 is 4.42 Å². The second kappa shape index (κ2) is 5.39. The minimum atomic E-state index is 0.570. The van der Waals surface area contributed by atoms with Gasteiger partial charge < -0.3 is 15.1 Å². The van der Waals surface area contributed by atoms with Gasteiger partial charge in [0.15, 0.2) is 0 Å². The fourth-order valence-electron chi connectivity index (χ4n) is 2.28. The van der Waals surface area contributed by atoms with E-state index in [4.69, 9.17) is 10.2 Å². The average Bonchev–Trinajstić information content (AvgIpc) is 3.14. The zero-order valence-electron chi connectivity index (χ0n) is 10.7. The van der Waals surface area contributed by atoms with E-state index in [1.165, 1.54) is 18.5 Å². The van der Waals surface area contributed by atoms with E-state index in [2.05, 4.69) is 39.0 Å². The lowest BCUT2D eigenvalue weighted by Gasteiger charge is -2.25. The van der Waals surface area contributed by atoms with Crippen LogP contribution in [0.2, 0.25) is 0 Å². The van der Waals surface area contributed by atoms with E-state index < -0.39 is 0 Å². The first kappa shape index (κ1) is 12.8. The van der Waals surface area contributed by atoms with Gasteiger partial charge in [-0.2, -0.15) is 0 Å². The molecule has 4 heteroatoms. The topological polar surface area (TPSA) is 42.4 Å². The molecule has 0 radical (unpaired) electrons. The lowest BCUT2D eigenvalue weighted by Crippen LogP contribution is -2.25. The fourth-order valence-corrected chi connectivity index (χ4v) is 2.93. The first-order valence-corrected chi connectivity index (χ1v) is 7.35. The molecule has 0 unspecified atom stereocenters. The average molecular weight is 321 g/mol. The number of halogens is 1. The van der Waals surface area contributed by atoms with E-state index in [9.17, 15) is 0 Å². The van der Waals surface area contributed by atoms with Gasteiger partial charge in [0.25, 0.3) is 0 Å². The molecule has 1 heterocycles. The Morgan fingerprint density at radius 1 is 1.32 bits per heavy atom. The summed E-state index contributed by atoms with van der Waals surface area (Å²) < 4.78 is 6.58. The summed E-state index contributed by atoms with van der Waals surface area (Å²) in [5.41, 5.74) is 8.04. The van der Waals surface area contributed by atoms with Crippen LogP contribution >= 0.6 is 15.9 Å². The summed E-state index contributed by atoms with van der Waals surface area (Å²) in [4.78, 5) is 2.41. The van der Waals surface area contributed by atoms with Gasteiger partial charge in [-0.05, 0) is 58.6 Å². The zero-order valence-corrected chi connectivity index (χ0v) is 12.3. The molecule has 3 rings (SSSR count). The van der Waals surface area contributed by atoms with Gasteiger partial charge in [-0.15, -0.1) is 0 Å². The van der Waals surface area contributed by atoms with Gasteiger partial charge in [-0.1, -0.05) is 6.07 Å². The Kier molecular flexibility index (Phi) is 3.62. The highest BCUT2D eigenvalue weighted by Gasteiger charge is 2.30. The van der Waals surface area contributed by atoms with Gasteiger partial charge >= 0.3 is 0 Å². The summed E-state index contributed by atoms with van der Waals surface area (Å²) in [5, 5.41) is 0. The largest absolute Gasteiger partial charge is 0.467 e. The molecule has 0 saturated heterocycles. The third kappa shape index (κ3) is 2.85. The molecule has 1 aromatic heterocycles. The number of nitrogens with two attached hydrogens (primary N) is 1. The number of nitrogens with zero attached hydrogens (tertiary/aromatic N) is 1. The standard InChI is InChI=1S/C15H17BrN2O/c16-14-8-11(9-17)3-6-15(14)18(12-4-5-12)10-13-2-1-7-19-13/h1-3,6-8,12H,4-5,9-10,17H2. The number of hydrogen-bond acceptors (Lipinski definition) is 3. The molecule has 1 fully saturated rings. The molecule has 1 saturated carbocycles. The van der Waals surface area contributed by atoms with Crippen LogP contribution in [-0.4, -0.2) is 6.04 Å². The molecule has 19 heavy (non-hydrogen) atoms. The number of anilines is 1. The van der Waals surface area contributed by atoms with Gasteiger partial charge in [0.1, 0.15) is 5.76 Å². The molecular formula is C15H17BrN2O. The third-order valence-corrected chi connectivity index (χ3v) is 4.09. The van der Waals surface area contributed by atoms with Gasteiger partial charge in [-0.3, -0.25) is 0 Å². The number of benzene rings is 1. The Morgan fingerprint density at radius 3 is 2.74 bits per heavy atom. The molecule has 0 bridgehead atoms. The molecular weight excluding hydrogens is 304 g/mol. The van der Waals surface area contributed by atoms with Crippen molar-refractivity contribution in [2.75, 3.05) is 4.90 Å². The van der Waals surface area contributed by atoms with Crippen LogP contribution in [0.1, 0.15) is 24.2 Å². The molecule has 1 aliphatic carbocycles. The molecule has 0 spiro atoms. The second-order valence-corrected chi connectivity index (χ2v) is 5.78. The van der Waals surface area contributed by atoms with E-state index in [0.717, 1.165) is 22.3 Å². The fraction of sp³-hybridized carbons (Fsp3) is 0.333. The van der Waals surface area contributed by atoms with Crippen molar-refractivity contribution in [2.24, 2.45) is 5.73 Å². The summed E-state index contributed by atoms with van der Waals surface area (Å²) >= 11 is 3.66. The van der Waals surface area contributed by atoms with Crippen LogP contribution in [0.4, 0.5) is 5.69 Å². The maximum atomic E-state index is 5.68. The number of rotatable bonds is 5. The Hall–Kier alpha value is -1.26. The molecule has 2 N–H and O–H groups in total. The Morgan fingerprint density at radius 2 is 2.16 bits per heavy atom. The molecule has 1 aromatic carbocycles. The van der Waals surface area contributed by atoms with Crippen molar-refractivity contribution in [1.82, 2.24) is 0 Å². The smallest absolute Gasteiger partial charge is 0.123 e. The highest BCUT2D eigenvalue weighted by atomic mass is 79.9. The minimum Gasteiger partial charge on any atom is -0.467 e. The molecule has 1 aliphatic rings. The predicted molar refractivity (Wildman–Crippen MR) is 79.9 cm³/mol. The van der Waals surface area contributed by atoms with E-state index in [1.807, 2.05) is 12.1 Å². The van der Waals surface area contributed by atoms with E-state index in [0.29, 0.717) is 12.6 Å². The van der Waals surface area contributed by atoms with Crippen molar-refractivity contribution in [2.45, 2.75) is 32.0 Å². The van der Waals surface area contributed by atoms with Gasteiger partial charge in [0, 0.05) is 17.1 Å². The van der Waals surface area contributed by atoms with Crippen LogP contribution in [0.25, 0.3) is 0 Å². The third-order valence-electron chi connectivity index (χ3n) is 3.45. The zero-order chi connectivity index (χ0) is 13.2. The van der Waals surface area contributed by atoms with Crippen molar-refractivity contribution in [1.29, 1.82) is 0 Å². The van der Waals surface area contributed by atoms with Crippen molar-refractivity contribution in [3.63, 3.8) is 0 Å². The number of hydrogen-bond donors (Lipinski definition) is 1. The normalized spacial score (nSPS) is 14.6. The van der Waals surface area contributed by atoms with Crippen LogP contribution in [0.5, 0.6) is 0 Å². The molecule has 0 atom stereocenters. The summed E-state index contributed by atoms with van der Waals surface area (Å²) in [7, 11) is 0. The van der Waals surface area contributed by atoms with Crippen molar-refractivity contribution >= 4 is 21.6 Å². The lowest BCUT2D eigenvalue weighted by molar-refractivity contribution is 0.501. The second-order valence-electron chi connectivity index (χ2n) is 4.93. The molecule has 2 aromatic rings. The number of furan rings is 1. The highest BCUT2D eigenvalue weighted by molar-refractivity contribution is 9.10. The summed E-state index contributed by atoms with van der Waals surface area (Å²) in [6.45, 7) is 1.39. The van der Waals surface area contributed by atoms with E-state index >= 15 is 0 Å². The summed E-state index contributed by atoms with van der Waals surface area (Å²) in [6.07, 6.45) is 4.24. The van der Waals surface area contributed by atoms with Crippen LogP contribution in [-0.2, 0) is 13.1 Å². The van der Waals surface area contributed by atoms with Gasteiger partial charge in [0.05, 0.1) is 18.5 Å². The monoisotopic (exact) mass is 320 g/mol. The minimum absolute atomic E-state index is 0.570. The SMILES string of the molecule is NCc1ccc(N(Cc2ccco2)C2CC2)c(Br)c1. The maximum Gasteiger partial charge on any atom is 0.123 e. The van der Waals surface area contributed by atoms with Crippen LogP contribution in [0.15, 0.2) is 45.5 Å². The Bertz CT molecular complexity index is 549. The van der Waals surface area contributed by atoms with E-state index in [1.54, 1.807) is 6.26 Å². The Labute approximate surface area is 121 Å². The van der Waals surface area contributed by atoms with Gasteiger partial charge in [-0.25, -0.2) is 0 Å². The maximum absolute atomic E-state index is 5.68. The quantitative estimate of drug-likeness (QED) is 0.914. The highest BCUT2D eigenvalue weighted by Crippen LogP contribution is 2.37. The van der Waals surface area contributed by atoms with E-state index in [-0.39, 0.29) is 0 Å². The van der Waals surface area contributed by atoms with Crippen LogP contribution in [0.3, 0.4) is 0 Å². The van der Waals surface area contributed by atoms with Crippen molar-refractivity contribution in [3.8, 4) is 0 Å². The molecule has 100 valence electrons. The lowest BCUT2D eigenvalue weighted by atomic mass is 10.2. The molecule has 0 aliphatic heterocycles. The first-order valence-electron chi connectivity index (χ1n) is 6.55. The van der Waals surface area contributed by atoms with Crippen LogP contribution < -0.4 is 10.6 Å². The summed E-state index contributed by atoms with van der Waals surface area (Å²) in [5.74, 6) is 1.00. The molecule has 0 amide bonds. The predicted octanol–water partition coefficient (Wildman–Crippen LogP) is 3.67. The Balaban J connectivity index is 1.87. The first-order chi connectivity index (χ1) is 9.28. The molecule has 3 nitrogen and oxygen atoms in total. The van der Waals surface area contributed by atoms with Crippen LogP contribution in [0, 0.1) is 0 Å². The van der Waals surface area contributed by atoms with Gasteiger partial charge in [0.2, 0.25) is 0 Å². The summed E-state index contributed by atoms with van der Waals surface area (Å²) in [6, 6.07) is 10.9.